The van der Waals surface area contributed by atoms with Crippen LogP contribution in [0, 0.1) is 13.8 Å². The van der Waals surface area contributed by atoms with Crippen molar-refractivity contribution < 1.29 is 5.11 Å². The molecular weight excluding hydrogens is 520 g/mol. The van der Waals surface area contributed by atoms with Gasteiger partial charge in [0.25, 0.3) is 0 Å². The van der Waals surface area contributed by atoms with E-state index in [1.54, 1.807) is 0 Å². The molecular formula is C33H45BrN2O. The van der Waals surface area contributed by atoms with Gasteiger partial charge in [-0.3, -0.25) is 4.90 Å². The molecule has 0 fully saturated rings. The zero-order valence-corrected chi connectivity index (χ0v) is 25.6. The molecule has 0 saturated carbocycles. The molecule has 0 bridgehead atoms. The van der Waals surface area contributed by atoms with Crippen LogP contribution in [0.4, 0.5) is 0 Å². The monoisotopic (exact) mass is 564 g/mol. The molecule has 0 aromatic heterocycles. The fourth-order valence-electron chi connectivity index (χ4n) is 5.13. The summed E-state index contributed by atoms with van der Waals surface area (Å²) in [4.78, 5) is 4.76. The molecule has 0 unspecified atom stereocenters. The Kier molecular flexibility index (Phi) is 10.4. The fourth-order valence-corrected chi connectivity index (χ4v) is 5.74. The third kappa shape index (κ3) is 7.92. The van der Waals surface area contributed by atoms with Crippen molar-refractivity contribution in [2.75, 3.05) is 33.7 Å². The molecule has 3 nitrogen and oxygen atoms in total. The van der Waals surface area contributed by atoms with E-state index in [9.17, 15) is 5.11 Å². The Morgan fingerprint density at radius 1 is 0.811 bits per heavy atom. The summed E-state index contributed by atoms with van der Waals surface area (Å²) in [5.74, 6) is 1.30. The minimum Gasteiger partial charge on any atom is -0.506 e. The summed E-state index contributed by atoms with van der Waals surface area (Å²) in [5.41, 5.74) is 10.4. The molecule has 0 aliphatic carbocycles. The molecule has 4 heteroatoms. The lowest BCUT2D eigenvalue weighted by molar-refractivity contribution is 0.235. The van der Waals surface area contributed by atoms with Crippen LogP contribution in [0.5, 0.6) is 5.75 Å². The minimum absolute atomic E-state index is 0.363. The third-order valence-corrected chi connectivity index (χ3v) is 7.66. The van der Waals surface area contributed by atoms with Gasteiger partial charge in [0.1, 0.15) is 5.75 Å². The molecule has 0 amide bonds. The van der Waals surface area contributed by atoms with Gasteiger partial charge in [-0.2, -0.15) is 0 Å². The average Bonchev–Trinajstić information content (AvgIpc) is 2.82. The number of hydrogen-bond acceptors (Lipinski definition) is 3. The van der Waals surface area contributed by atoms with E-state index < -0.39 is 0 Å². The van der Waals surface area contributed by atoms with Crippen molar-refractivity contribution in [3.05, 3.63) is 86.4 Å². The van der Waals surface area contributed by atoms with Gasteiger partial charge in [-0.25, -0.2) is 0 Å². The van der Waals surface area contributed by atoms with Crippen molar-refractivity contribution in [2.45, 2.75) is 66.3 Å². The molecule has 1 N–H and O–H groups in total. The van der Waals surface area contributed by atoms with Gasteiger partial charge in [0, 0.05) is 26.2 Å². The SMILES string of the molecule is Cc1cc(CN(CCc2cc(C)cc(Br)c2O)CCN(C)C)cc(-c2c(C(C)C)cccc2C(C)C)c1. The van der Waals surface area contributed by atoms with Gasteiger partial charge in [0.2, 0.25) is 0 Å². The van der Waals surface area contributed by atoms with E-state index in [-0.39, 0.29) is 0 Å². The van der Waals surface area contributed by atoms with E-state index in [4.69, 9.17) is 0 Å². The molecule has 3 aromatic rings. The van der Waals surface area contributed by atoms with E-state index in [2.05, 4.69) is 124 Å². The van der Waals surface area contributed by atoms with Crippen LogP contribution >= 0.6 is 15.9 Å². The summed E-state index contributed by atoms with van der Waals surface area (Å²) in [5, 5.41) is 10.6. The summed E-state index contributed by atoms with van der Waals surface area (Å²) in [7, 11) is 4.26. The Hall–Kier alpha value is -2.14. The van der Waals surface area contributed by atoms with Gasteiger partial charge < -0.3 is 10.0 Å². The van der Waals surface area contributed by atoms with Crippen LogP contribution in [-0.4, -0.2) is 48.6 Å². The van der Waals surface area contributed by atoms with Gasteiger partial charge >= 0.3 is 0 Å². The fraction of sp³-hybridized carbons (Fsp3) is 0.455. The van der Waals surface area contributed by atoms with Gasteiger partial charge in [0.05, 0.1) is 4.47 Å². The second kappa shape index (κ2) is 13.1. The quantitative estimate of drug-likeness (QED) is 0.253. The summed E-state index contributed by atoms with van der Waals surface area (Å²) in [6.07, 6.45) is 0.811. The molecule has 3 rings (SSSR count). The number of likely N-dealkylation sites (N-methyl/N-ethyl adjacent to an activating group) is 1. The Morgan fingerprint density at radius 2 is 1.43 bits per heavy atom. The lowest BCUT2D eigenvalue weighted by atomic mass is 9.84. The van der Waals surface area contributed by atoms with Crippen molar-refractivity contribution in [3.63, 3.8) is 0 Å². The van der Waals surface area contributed by atoms with Gasteiger partial charge in [-0.15, -0.1) is 0 Å². The number of halogens is 1. The van der Waals surface area contributed by atoms with Gasteiger partial charge in [0.15, 0.2) is 0 Å². The zero-order chi connectivity index (χ0) is 27.3. The van der Waals surface area contributed by atoms with Crippen LogP contribution in [-0.2, 0) is 13.0 Å². The maximum atomic E-state index is 10.6. The Bertz CT molecular complexity index is 1170. The molecule has 0 heterocycles. The zero-order valence-electron chi connectivity index (χ0n) is 24.0. The highest BCUT2D eigenvalue weighted by Gasteiger charge is 2.17. The highest BCUT2D eigenvalue weighted by Crippen LogP contribution is 2.37. The average molecular weight is 566 g/mol. The van der Waals surface area contributed by atoms with Crippen LogP contribution in [0.3, 0.4) is 0 Å². The lowest BCUT2D eigenvalue weighted by Gasteiger charge is -2.26. The predicted octanol–water partition coefficient (Wildman–Crippen LogP) is 8.29. The second-order valence-corrected chi connectivity index (χ2v) is 12.3. The van der Waals surface area contributed by atoms with Crippen LogP contribution in [0.2, 0.25) is 0 Å². The normalized spacial score (nSPS) is 11.9. The highest BCUT2D eigenvalue weighted by molar-refractivity contribution is 9.10. The molecule has 0 spiro atoms. The van der Waals surface area contributed by atoms with Gasteiger partial charge in [-0.05, 0) is 113 Å². The maximum absolute atomic E-state index is 10.6. The van der Waals surface area contributed by atoms with E-state index in [1.165, 1.54) is 33.4 Å². The topological polar surface area (TPSA) is 26.7 Å². The number of aryl methyl sites for hydroxylation is 2. The van der Waals surface area contributed by atoms with Crippen LogP contribution in [0.15, 0.2) is 53.0 Å². The molecule has 0 aliphatic rings. The molecule has 0 aliphatic heterocycles. The van der Waals surface area contributed by atoms with Crippen molar-refractivity contribution >= 4 is 15.9 Å². The number of benzene rings is 3. The predicted molar refractivity (Wildman–Crippen MR) is 163 cm³/mol. The Morgan fingerprint density at radius 3 is 2.03 bits per heavy atom. The molecule has 0 radical (unpaired) electrons. The molecule has 200 valence electrons. The molecule has 0 saturated heterocycles. The number of nitrogens with zero attached hydrogens (tertiary/aromatic N) is 2. The Labute approximate surface area is 233 Å². The van der Waals surface area contributed by atoms with Crippen LogP contribution < -0.4 is 0 Å². The standard InChI is InChI=1S/C33H45BrN2O/c1-22(2)29-10-9-11-30(23(3)4)32(29)28-18-24(5)16-26(20-28)21-36(15-14-35(7)8)13-12-27-17-25(6)19-31(34)33(27)37/h9-11,16-20,22-23,37H,12-15,21H2,1-8H3. The van der Waals surface area contributed by atoms with Crippen LogP contribution in [0.25, 0.3) is 11.1 Å². The molecule has 0 atom stereocenters. The molecule has 37 heavy (non-hydrogen) atoms. The van der Waals surface area contributed by atoms with E-state index in [0.29, 0.717) is 17.6 Å². The highest BCUT2D eigenvalue weighted by atomic mass is 79.9. The van der Waals surface area contributed by atoms with Crippen LogP contribution in [0.1, 0.15) is 72.9 Å². The number of phenolic OH excluding ortho intramolecular Hbond substituents is 1. The summed E-state index contributed by atoms with van der Waals surface area (Å²) >= 11 is 3.51. The Balaban J connectivity index is 1.94. The first-order valence-electron chi connectivity index (χ1n) is 13.5. The largest absolute Gasteiger partial charge is 0.506 e. The minimum atomic E-state index is 0.363. The number of rotatable bonds is 11. The van der Waals surface area contributed by atoms with Crippen molar-refractivity contribution in [3.8, 4) is 16.9 Å². The number of hydrogen-bond donors (Lipinski definition) is 1. The number of aromatic hydroxyl groups is 1. The van der Waals surface area contributed by atoms with Gasteiger partial charge in [-0.1, -0.05) is 69.7 Å². The summed E-state index contributed by atoms with van der Waals surface area (Å²) in [6.45, 7) is 17.2. The maximum Gasteiger partial charge on any atom is 0.133 e. The number of phenols is 1. The van der Waals surface area contributed by atoms with E-state index in [0.717, 1.165) is 48.2 Å². The van der Waals surface area contributed by atoms with Crippen molar-refractivity contribution in [1.29, 1.82) is 0 Å². The lowest BCUT2D eigenvalue weighted by Crippen LogP contribution is -2.33. The summed E-state index contributed by atoms with van der Waals surface area (Å²) in [6, 6.07) is 18.0. The first-order valence-corrected chi connectivity index (χ1v) is 14.3. The van der Waals surface area contributed by atoms with E-state index in [1.807, 2.05) is 6.07 Å². The first-order chi connectivity index (χ1) is 17.5. The third-order valence-electron chi connectivity index (χ3n) is 7.05. The van der Waals surface area contributed by atoms with E-state index >= 15 is 0 Å². The van der Waals surface area contributed by atoms with Crippen molar-refractivity contribution in [2.24, 2.45) is 0 Å². The first kappa shape index (κ1) is 29.4. The smallest absolute Gasteiger partial charge is 0.133 e. The molecule has 3 aromatic carbocycles. The summed E-state index contributed by atoms with van der Waals surface area (Å²) < 4.78 is 0.774. The van der Waals surface area contributed by atoms with Crippen molar-refractivity contribution in [1.82, 2.24) is 9.80 Å². The second-order valence-electron chi connectivity index (χ2n) is 11.4.